The van der Waals surface area contributed by atoms with Crippen LogP contribution in [0.15, 0.2) is 24.3 Å². The Kier molecular flexibility index (Phi) is 3.02. The summed E-state index contributed by atoms with van der Waals surface area (Å²) in [5.41, 5.74) is 2.62. The van der Waals surface area contributed by atoms with E-state index in [0.717, 1.165) is 13.0 Å². The summed E-state index contributed by atoms with van der Waals surface area (Å²) in [7, 11) is 0. The molecule has 0 radical (unpaired) electrons. The fourth-order valence-corrected chi connectivity index (χ4v) is 2.12. The molecule has 1 heterocycles. The van der Waals surface area contributed by atoms with E-state index in [2.05, 4.69) is 17.4 Å². The second kappa shape index (κ2) is 4.45. The van der Waals surface area contributed by atoms with Crippen molar-refractivity contribution in [2.24, 2.45) is 0 Å². The van der Waals surface area contributed by atoms with Gasteiger partial charge in [0.1, 0.15) is 0 Å². The van der Waals surface area contributed by atoms with Crippen LogP contribution in [0.3, 0.4) is 0 Å². The van der Waals surface area contributed by atoms with Gasteiger partial charge < -0.3 is 10.4 Å². The molecule has 1 aliphatic rings. The van der Waals surface area contributed by atoms with E-state index in [-0.39, 0.29) is 12.5 Å². The van der Waals surface area contributed by atoms with Crippen LogP contribution in [0.4, 0.5) is 0 Å². The summed E-state index contributed by atoms with van der Waals surface area (Å²) in [6.07, 6.45) is 1.94. The van der Waals surface area contributed by atoms with Gasteiger partial charge in [0.25, 0.3) is 0 Å². The number of aliphatic carboxylic acids is 1. The summed E-state index contributed by atoms with van der Waals surface area (Å²) < 4.78 is 0. The Balaban J connectivity index is 2.11. The number of benzene rings is 1. The van der Waals surface area contributed by atoms with E-state index in [9.17, 15) is 4.79 Å². The van der Waals surface area contributed by atoms with Crippen molar-refractivity contribution in [3.8, 4) is 0 Å². The lowest BCUT2D eigenvalue weighted by molar-refractivity contribution is -0.137. The molecule has 0 aliphatic carbocycles. The number of nitrogens with one attached hydrogen (secondary N) is 1. The molecule has 1 aromatic rings. The Morgan fingerprint density at radius 1 is 1.47 bits per heavy atom. The zero-order valence-electron chi connectivity index (χ0n) is 8.57. The summed E-state index contributed by atoms with van der Waals surface area (Å²) in [5.74, 6) is -0.722. The lowest BCUT2D eigenvalue weighted by atomic mass is 9.92. The molecule has 0 bridgehead atoms. The highest BCUT2D eigenvalue weighted by Gasteiger charge is 2.19. The second-order valence-corrected chi connectivity index (χ2v) is 3.89. The molecule has 0 aromatic heterocycles. The van der Waals surface area contributed by atoms with Crippen LogP contribution < -0.4 is 5.32 Å². The SMILES string of the molecule is O=C(O)CCC1NCCc2ccccc21. The second-order valence-electron chi connectivity index (χ2n) is 3.89. The van der Waals surface area contributed by atoms with Gasteiger partial charge in [-0.25, -0.2) is 0 Å². The smallest absolute Gasteiger partial charge is 0.303 e. The zero-order chi connectivity index (χ0) is 10.7. The van der Waals surface area contributed by atoms with Gasteiger partial charge in [-0.3, -0.25) is 4.79 Å². The van der Waals surface area contributed by atoms with E-state index < -0.39 is 5.97 Å². The van der Waals surface area contributed by atoms with Crippen LogP contribution in [0.1, 0.15) is 30.0 Å². The number of hydrogen-bond donors (Lipinski definition) is 2. The summed E-state index contributed by atoms with van der Waals surface area (Å²) in [4.78, 5) is 10.5. The van der Waals surface area contributed by atoms with Crippen molar-refractivity contribution in [1.82, 2.24) is 5.32 Å². The third-order valence-corrected chi connectivity index (χ3v) is 2.86. The molecule has 1 aliphatic heterocycles. The summed E-state index contributed by atoms with van der Waals surface area (Å²) in [6, 6.07) is 8.49. The maximum absolute atomic E-state index is 10.5. The molecule has 0 spiro atoms. The first-order valence-corrected chi connectivity index (χ1v) is 5.30. The van der Waals surface area contributed by atoms with Crippen molar-refractivity contribution in [3.63, 3.8) is 0 Å². The molecule has 1 atom stereocenters. The summed E-state index contributed by atoms with van der Waals surface area (Å²) in [6.45, 7) is 0.946. The van der Waals surface area contributed by atoms with E-state index in [1.165, 1.54) is 11.1 Å². The fourth-order valence-electron chi connectivity index (χ4n) is 2.12. The minimum Gasteiger partial charge on any atom is -0.481 e. The maximum atomic E-state index is 10.5. The largest absolute Gasteiger partial charge is 0.481 e. The van der Waals surface area contributed by atoms with Crippen LogP contribution in [0.25, 0.3) is 0 Å². The molecule has 1 aromatic carbocycles. The summed E-state index contributed by atoms with van der Waals surface area (Å²) in [5, 5.41) is 12.0. The normalized spacial score (nSPS) is 19.6. The number of rotatable bonds is 3. The van der Waals surface area contributed by atoms with Gasteiger partial charge >= 0.3 is 5.97 Å². The van der Waals surface area contributed by atoms with Crippen LogP contribution in [0.2, 0.25) is 0 Å². The van der Waals surface area contributed by atoms with Gasteiger partial charge in [-0.05, 0) is 30.5 Å². The first kappa shape index (κ1) is 10.2. The van der Waals surface area contributed by atoms with Gasteiger partial charge in [0.2, 0.25) is 0 Å². The van der Waals surface area contributed by atoms with Crippen molar-refractivity contribution >= 4 is 5.97 Å². The summed E-state index contributed by atoms with van der Waals surface area (Å²) >= 11 is 0. The van der Waals surface area contributed by atoms with Gasteiger partial charge in [-0.15, -0.1) is 0 Å². The Morgan fingerprint density at radius 3 is 3.07 bits per heavy atom. The minimum absolute atomic E-state index is 0.214. The number of carboxylic acids is 1. The standard InChI is InChI=1S/C12H15NO2/c14-12(15)6-5-11-10-4-2-1-3-9(10)7-8-13-11/h1-4,11,13H,5-8H2,(H,14,15). The molecule has 2 N–H and O–H groups in total. The Hall–Kier alpha value is -1.35. The van der Waals surface area contributed by atoms with Crippen molar-refractivity contribution in [1.29, 1.82) is 0 Å². The highest BCUT2D eigenvalue weighted by molar-refractivity contribution is 5.66. The minimum atomic E-state index is -0.722. The monoisotopic (exact) mass is 205 g/mol. The van der Waals surface area contributed by atoms with E-state index in [1.54, 1.807) is 0 Å². The Labute approximate surface area is 89.1 Å². The van der Waals surface area contributed by atoms with E-state index >= 15 is 0 Å². The topological polar surface area (TPSA) is 49.3 Å². The Morgan fingerprint density at radius 2 is 2.27 bits per heavy atom. The molecule has 15 heavy (non-hydrogen) atoms. The molecular weight excluding hydrogens is 190 g/mol. The molecule has 2 rings (SSSR count). The molecule has 3 heteroatoms. The maximum Gasteiger partial charge on any atom is 0.303 e. The highest BCUT2D eigenvalue weighted by Crippen LogP contribution is 2.25. The first-order chi connectivity index (χ1) is 7.27. The molecule has 80 valence electrons. The molecule has 0 saturated carbocycles. The molecule has 0 fully saturated rings. The molecule has 0 amide bonds. The average Bonchev–Trinajstić information content (AvgIpc) is 2.26. The molecular formula is C12H15NO2. The first-order valence-electron chi connectivity index (χ1n) is 5.30. The van der Waals surface area contributed by atoms with Crippen LogP contribution in [-0.2, 0) is 11.2 Å². The van der Waals surface area contributed by atoms with Gasteiger partial charge in [0.15, 0.2) is 0 Å². The molecule has 0 saturated heterocycles. The fraction of sp³-hybridized carbons (Fsp3) is 0.417. The predicted octanol–water partition coefficient (Wildman–Crippen LogP) is 1.74. The average molecular weight is 205 g/mol. The molecule has 1 unspecified atom stereocenters. The van der Waals surface area contributed by atoms with Crippen LogP contribution in [0.5, 0.6) is 0 Å². The predicted molar refractivity (Wildman–Crippen MR) is 57.8 cm³/mol. The number of carbonyl (C=O) groups is 1. The quantitative estimate of drug-likeness (QED) is 0.790. The number of hydrogen-bond acceptors (Lipinski definition) is 2. The van der Waals surface area contributed by atoms with Crippen LogP contribution in [-0.4, -0.2) is 17.6 Å². The number of carboxylic acid groups (broad SMARTS) is 1. The van der Waals surface area contributed by atoms with Gasteiger partial charge in [0.05, 0.1) is 0 Å². The van der Waals surface area contributed by atoms with Crippen LogP contribution >= 0.6 is 0 Å². The molecule has 3 nitrogen and oxygen atoms in total. The van der Waals surface area contributed by atoms with E-state index in [0.29, 0.717) is 6.42 Å². The van der Waals surface area contributed by atoms with Crippen molar-refractivity contribution < 1.29 is 9.90 Å². The number of fused-ring (bicyclic) bond motifs is 1. The lowest BCUT2D eigenvalue weighted by Gasteiger charge is -2.26. The van der Waals surface area contributed by atoms with E-state index in [1.807, 2.05) is 12.1 Å². The van der Waals surface area contributed by atoms with Crippen molar-refractivity contribution in [3.05, 3.63) is 35.4 Å². The van der Waals surface area contributed by atoms with Gasteiger partial charge in [0, 0.05) is 12.5 Å². The highest BCUT2D eigenvalue weighted by atomic mass is 16.4. The van der Waals surface area contributed by atoms with Gasteiger partial charge in [-0.1, -0.05) is 24.3 Å². The van der Waals surface area contributed by atoms with Crippen molar-refractivity contribution in [2.75, 3.05) is 6.54 Å². The van der Waals surface area contributed by atoms with Crippen LogP contribution in [0, 0.1) is 0 Å². The lowest BCUT2D eigenvalue weighted by Crippen LogP contribution is -2.30. The zero-order valence-corrected chi connectivity index (χ0v) is 8.57. The van der Waals surface area contributed by atoms with Gasteiger partial charge in [-0.2, -0.15) is 0 Å². The van der Waals surface area contributed by atoms with Crippen molar-refractivity contribution in [2.45, 2.75) is 25.3 Å². The Bertz CT molecular complexity index is 362. The third-order valence-electron chi connectivity index (χ3n) is 2.86. The van der Waals surface area contributed by atoms with E-state index in [4.69, 9.17) is 5.11 Å². The third kappa shape index (κ3) is 2.36.